The summed E-state index contributed by atoms with van der Waals surface area (Å²) in [6, 6.07) is 5.64. The molecule has 0 saturated carbocycles. The molecule has 0 aliphatic carbocycles. The van der Waals surface area contributed by atoms with Crippen molar-refractivity contribution in [1.82, 2.24) is 15.3 Å². The number of carbonyl (C=O) groups excluding carboxylic acids is 1. The number of benzene rings is 1. The smallest absolute Gasteiger partial charge is 0.339 e. The van der Waals surface area contributed by atoms with Gasteiger partial charge < -0.3 is 16.0 Å². The highest BCUT2D eigenvalue weighted by Crippen LogP contribution is 2.42. The van der Waals surface area contributed by atoms with E-state index in [2.05, 4.69) is 73.2 Å². The van der Waals surface area contributed by atoms with Crippen LogP contribution in [0.25, 0.3) is 31.6 Å². The number of amides is 2. The highest BCUT2D eigenvalue weighted by Gasteiger charge is 2.13. The van der Waals surface area contributed by atoms with Gasteiger partial charge in [0, 0.05) is 33.3 Å². The second-order valence-electron chi connectivity index (χ2n) is 6.47. The van der Waals surface area contributed by atoms with Crippen LogP contribution in [0, 0.1) is 0 Å². The van der Waals surface area contributed by atoms with E-state index in [1.54, 1.807) is 22.7 Å². The Morgan fingerprint density at radius 2 is 2.21 bits per heavy atom. The third-order valence-electron chi connectivity index (χ3n) is 4.43. The minimum atomic E-state index is -0.716. The Hall–Kier alpha value is -2.49. The minimum absolute atomic E-state index is 0.127. The maximum Gasteiger partial charge on any atom is 0.339 e. The van der Waals surface area contributed by atoms with E-state index in [0.29, 0.717) is 6.54 Å². The fourth-order valence-electron chi connectivity index (χ4n) is 3.00. The number of primary amides is 1. The van der Waals surface area contributed by atoms with Crippen molar-refractivity contribution >= 4 is 71.4 Å². The molecule has 1 atom stereocenters. The number of nitrogens with two attached hydrogens (primary N) is 1. The van der Waals surface area contributed by atoms with Crippen LogP contribution in [0.15, 0.2) is 50.6 Å². The summed E-state index contributed by atoms with van der Waals surface area (Å²) in [4.78, 5) is 22.1. The van der Waals surface area contributed by atoms with Gasteiger partial charge >= 0.3 is 6.03 Å². The van der Waals surface area contributed by atoms with Gasteiger partial charge in [0.1, 0.15) is 5.82 Å². The number of H-pyrrole nitrogens is 1. The fourth-order valence-corrected chi connectivity index (χ4v) is 6.06. The number of aliphatic imine (C=N–C) groups is 1. The number of halogens is 1. The third-order valence-corrected chi connectivity index (χ3v) is 7.78. The largest absolute Gasteiger partial charge is 0.372 e. The second-order valence-corrected chi connectivity index (χ2v) is 9.08. The molecule has 2 amide bonds. The summed E-state index contributed by atoms with van der Waals surface area (Å²) in [5.74, 6) is 1.04. The molecule has 29 heavy (non-hydrogen) atoms. The number of aromatic nitrogens is 2. The zero-order valence-electron chi connectivity index (χ0n) is 15.5. The van der Waals surface area contributed by atoms with Crippen molar-refractivity contribution in [2.75, 3.05) is 6.54 Å². The number of urea groups is 1. The molecule has 148 valence electrons. The van der Waals surface area contributed by atoms with Crippen molar-refractivity contribution < 1.29 is 4.79 Å². The number of thiophene rings is 2. The maximum atomic E-state index is 10.5. The first-order valence-corrected chi connectivity index (χ1v) is 11.4. The summed E-state index contributed by atoms with van der Waals surface area (Å²) in [7, 11) is 0. The number of fused-ring (bicyclic) bond motifs is 2. The minimum Gasteiger partial charge on any atom is -0.372 e. The van der Waals surface area contributed by atoms with Gasteiger partial charge in [-0.2, -0.15) is 4.99 Å². The summed E-state index contributed by atoms with van der Waals surface area (Å²) in [6.07, 6.45) is 5.32. The molecule has 1 aromatic carbocycles. The average molecular weight is 488 g/mol. The highest BCUT2D eigenvalue weighted by atomic mass is 79.9. The van der Waals surface area contributed by atoms with Gasteiger partial charge in [-0.15, -0.1) is 22.7 Å². The van der Waals surface area contributed by atoms with E-state index in [0.717, 1.165) is 21.3 Å². The van der Waals surface area contributed by atoms with Crippen LogP contribution >= 0.6 is 38.6 Å². The normalized spacial score (nSPS) is 13.2. The average Bonchev–Trinajstić information content (AvgIpc) is 3.39. The first kappa shape index (κ1) is 19.8. The molecule has 4 N–H and O–H groups in total. The lowest BCUT2D eigenvalue weighted by atomic mass is 10.1. The molecule has 3 heterocycles. The van der Waals surface area contributed by atoms with Crippen LogP contribution < -0.4 is 11.1 Å². The van der Waals surface area contributed by atoms with E-state index in [-0.39, 0.29) is 5.92 Å². The monoisotopic (exact) mass is 487 g/mol. The molecule has 9 heteroatoms. The van der Waals surface area contributed by atoms with Gasteiger partial charge in [0.05, 0.1) is 26.8 Å². The SMILES string of the molecule is CC(/C=C\CN/C=N/C(N)=O)c1nc2ccc(-c3csc4c(Br)csc34)cc2[nH]1. The van der Waals surface area contributed by atoms with Crippen LogP contribution in [-0.2, 0) is 0 Å². The predicted molar refractivity (Wildman–Crippen MR) is 126 cm³/mol. The van der Waals surface area contributed by atoms with Crippen molar-refractivity contribution in [2.45, 2.75) is 12.8 Å². The van der Waals surface area contributed by atoms with Gasteiger partial charge in [0.2, 0.25) is 0 Å². The van der Waals surface area contributed by atoms with Crippen LogP contribution in [0.5, 0.6) is 0 Å². The molecule has 0 saturated heterocycles. The summed E-state index contributed by atoms with van der Waals surface area (Å²) < 4.78 is 3.77. The molecule has 0 radical (unpaired) electrons. The lowest BCUT2D eigenvalue weighted by Gasteiger charge is -2.01. The molecule has 0 fully saturated rings. The van der Waals surface area contributed by atoms with Crippen molar-refractivity contribution in [2.24, 2.45) is 10.7 Å². The molecule has 1 unspecified atom stereocenters. The first-order chi connectivity index (χ1) is 14.0. The Kier molecular flexibility index (Phi) is 5.79. The molecule has 0 aliphatic rings. The number of nitrogens with one attached hydrogen (secondary N) is 2. The van der Waals surface area contributed by atoms with Crippen molar-refractivity contribution in [1.29, 1.82) is 0 Å². The lowest BCUT2D eigenvalue weighted by Crippen LogP contribution is -2.14. The van der Waals surface area contributed by atoms with Gasteiger partial charge in [-0.3, -0.25) is 0 Å². The van der Waals surface area contributed by atoms with Crippen LogP contribution in [0.3, 0.4) is 0 Å². The van der Waals surface area contributed by atoms with Crippen LogP contribution in [0.4, 0.5) is 4.79 Å². The zero-order chi connectivity index (χ0) is 20.4. The van der Waals surface area contributed by atoms with E-state index < -0.39 is 6.03 Å². The number of nitrogens with zero attached hydrogens (tertiary/aromatic N) is 2. The zero-order valence-corrected chi connectivity index (χ0v) is 18.7. The standard InChI is InChI=1S/C20H18BrN5OS2/c1-11(3-2-6-23-10-24-20(22)27)19-25-15-5-4-12(7-16(15)26-19)13-8-28-18-14(21)9-29-17(13)18/h2-5,7-11H,6H2,1H3,(H,25,26)(H3,22,23,24,27)/b3-2-. The van der Waals surface area contributed by atoms with Gasteiger partial charge in [0.15, 0.2) is 0 Å². The number of hydrogen-bond acceptors (Lipinski definition) is 4. The molecule has 6 nitrogen and oxygen atoms in total. The van der Waals surface area contributed by atoms with Gasteiger partial charge in [-0.1, -0.05) is 25.1 Å². The molecule has 0 aliphatic heterocycles. The number of aromatic amines is 1. The lowest BCUT2D eigenvalue weighted by molar-refractivity contribution is 0.257. The molecule has 0 bridgehead atoms. The fraction of sp³-hybridized carbons (Fsp3) is 0.150. The first-order valence-electron chi connectivity index (χ1n) is 8.89. The maximum absolute atomic E-state index is 10.5. The molecule has 3 aromatic heterocycles. The van der Waals surface area contributed by atoms with Crippen molar-refractivity contribution in [3.05, 3.63) is 51.4 Å². The molecular formula is C20H18BrN5OS2. The number of carbonyl (C=O) groups is 1. The van der Waals surface area contributed by atoms with Crippen LogP contribution in [0.2, 0.25) is 0 Å². The summed E-state index contributed by atoms with van der Waals surface area (Å²) in [5, 5.41) is 7.23. The number of rotatable bonds is 6. The van der Waals surface area contributed by atoms with Crippen molar-refractivity contribution in [3.8, 4) is 11.1 Å². The van der Waals surface area contributed by atoms with E-state index in [9.17, 15) is 4.79 Å². The van der Waals surface area contributed by atoms with E-state index in [1.807, 2.05) is 6.08 Å². The highest BCUT2D eigenvalue weighted by molar-refractivity contribution is 9.10. The van der Waals surface area contributed by atoms with Crippen molar-refractivity contribution in [3.63, 3.8) is 0 Å². The molecule has 4 rings (SSSR count). The Bertz CT molecular complexity index is 1240. The second kappa shape index (κ2) is 8.48. The quantitative estimate of drug-likeness (QED) is 0.142. The molecule has 4 aromatic rings. The third kappa shape index (κ3) is 4.26. The predicted octanol–water partition coefficient (Wildman–Crippen LogP) is 5.62. The summed E-state index contributed by atoms with van der Waals surface area (Å²) in [6.45, 7) is 2.63. The van der Waals surface area contributed by atoms with E-state index >= 15 is 0 Å². The Labute approximate surface area is 183 Å². The Balaban J connectivity index is 1.51. The Morgan fingerprint density at radius 1 is 1.38 bits per heavy atom. The van der Waals surface area contributed by atoms with Gasteiger partial charge in [0.25, 0.3) is 0 Å². The summed E-state index contributed by atoms with van der Waals surface area (Å²) >= 11 is 7.14. The summed E-state index contributed by atoms with van der Waals surface area (Å²) in [5.41, 5.74) is 9.36. The molecular weight excluding hydrogens is 470 g/mol. The number of hydrogen-bond donors (Lipinski definition) is 3. The van der Waals surface area contributed by atoms with Gasteiger partial charge in [-0.05, 0) is 33.6 Å². The number of allylic oxidation sites excluding steroid dienone is 1. The van der Waals surface area contributed by atoms with Crippen LogP contribution in [0.1, 0.15) is 18.7 Å². The Morgan fingerprint density at radius 3 is 3.03 bits per heavy atom. The van der Waals surface area contributed by atoms with E-state index in [4.69, 9.17) is 10.7 Å². The van der Waals surface area contributed by atoms with Gasteiger partial charge in [-0.25, -0.2) is 9.78 Å². The van der Waals surface area contributed by atoms with Crippen LogP contribution in [-0.4, -0.2) is 28.9 Å². The number of imidazole rings is 1. The van der Waals surface area contributed by atoms with E-state index in [1.165, 1.54) is 26.9 Å². The molecule has 0 spiro atoms. The topological polar surface area (TPSA) is 96.2 Å².